The summed E-state index contributed by atoms with van der Waals surface area (Å²) < 4.78 is 17.2. The highest BCUT2D eigenvalue weighted by Gasteiger charge is 2.28. The average molecular weight is 417 g/mol. The summed E-state index contributed by atoms with van der Waals surface area (Å²) in [6.07, 6.45) is 3.29. The van der Waals surface area contributed by atoms with E-state index in [9.17, 15) is 9.59 Å². The highest BCUT2D eigenvalue weighted by Crippen LogP contribution is 2.28. The normalized spacial score (nSPS) is 16.2. The van der Waals surface area contributed by atoms with Crippen LogP contribution in [0.5, 0.6) is 11.5 Å². The van der Waals surface area contributed by atoms with Gasteiger partial charge in [-0.25, -0.2) is 4.68 Å². The van der Waals surface area contributed by atoms with Crippen molar-refractivity contribution in [1.82, 2.24) is 25.2 Å². The maximum Gasteiger partial charge on any atom is 0.273 e. The van der Waals surface area contributed by atoms with E-state index in [2.05, 4.69) is 15.6 Å². The molecule has 0 radical (unpaired) electrons. The molecule has 1 aromatic carbocycles. The summed E-state index contributed by atoms with van der Waals surface area (Å²) in [6, 6.07) is 5.09. The molecule has 0 spiro atoms. The molecule has 10 heteroatoms. The SMILES string of the molecule is COCCNC(=O)c1cn([C@@H]2CCCN(C(=O)c3ccc(OC)cc3OC)C2)nn1. The minimum atomic E-state index is -0.301. The monoisotopic (exact) mass is 417 g/mol. The van der Waals surface area contributed by atoms with Gasteiger partial charge < -0.3 is 24.4 Å². The molecule has 1 saturated heterocycles. The van der Waals surface area contributed by atoms with Crippen molar-refractivity contribution < 1.29 is 23.8 Å². The fourth-order valence-corrected chi connectivity index (χ4v) is 3.42. The van der Waals surface area contributed by atoms with Crippen LogP contribution in [-0.2, 0) is 4.74 Å². The molecule has 1 aromatic heterocycles. The lowest BCUT2D eigenvalue weighted by atomic mass is 10.0. The van der Waals surface area contributed by atoms with Crippen LogP contribution in [0.4, 0.5) is 0 Å². The number of carbonyl (C=O) groups is 2. The van der Waals surface area contributed by atoms with E-state index >= 15 is 0 Å². The van der Waals surface area contributed by atoms with Gasteiger partial charge in [-0.05, 0) is 25.0 Å². The number of amides is 2. The maximum absolute atomic E-state index is 13.1. The topological polar surface area (TPSA) is 108 Å². The highest BCUT2D eigenvalue weighted by atomic mass is 16.5. The van der Waals surface area contributed by atoms with E-state index < -0.39 is 0 Å². The van der Waals surface area contributed by atoms with Crippen molar-refractivity contribution in [3.63, 3.8) is 0 Å². The van der Waals surface area contributed by atoms with Crippen LogP contribution in [0.1, 0.15) is 39.7 Å². The molecule has 1 N–H and O–H groups in total. The van der Waals surface area contributed by atoms with Gasteiger partial charge in [-0.3, -0.25) is 9.59 Å². The molecule has 3 rings (SSSR count). The quantitative estimate of drug-likeness (QED) is 0.642. The Hall–Kier alpha value is -3.14. The Bertz CT molecular complexity index is 884. The van der Waals surface area contributed by atoms with Gasteiger partial charge in [0.1, 0.15) is 11.5 Å². The van der Waals surface area contributed by atoms with Gasteiger partial charge in [0, 0.05) is 32.8 Å². The zero-order valence-corrected chi connectivity index (χ0v) is 17.5. The number of hydrogen-bond acceptors (Lipinski definition) is 7. The van der Waals surface area contributed by atoms with E-state index in [1.165, 1.54) is 7.11 Å². The van der Waals surface area contributed by atoms with Gasteiger partial charge in [0.05, 0.1) is 38.6 Å². The molecule has 2 aromatic rings. The molecule has 30 heavy (non-hydrogen) atoms. The largest absolute Gasteiger partial charge is 0.497 e. The lowest BCUT2D eigenvalue weighted by molar-refractivity contribution is 0.0668. The van der Waals surface area contributed by atoms with Gasteiger partial charge in [0.15, 0.2) is 5.69 Å². The van der Waals surface area contributed by atoms with Gasteiger partial charge in [-0.15, -0.1) is 5.10 Å². The zero-order valence-electron chi connectivity index (χ0n) is 17.5. The average Bonchev–Trinajstić information content (AvgIpc) is 3.29. The number of benzene rings is 1. The van der Waals surface area contributed by atoms with E-state index in [4.69, 9.17) is 14.2 Å². The number of methoxy groups -OCH3 is 3. The third-order valence-corrected chi connectivity index (χ3v) is 5.03. The van der Waals surface area contributed by atoms with Crippen molar-refractivity contribution >= 4 is 11.8 Å². The van der Waals surface area contributed by atoms with Crippen molar-refractivity contribution in [2.24, 2.45) is 0 Å². The van der Waals surface area contributed by atoms with Crippen molar-refractivity contribution in [1.29, 1.82) is 0 Å². The molecule has 1 aliphatic rings. The number of rotatable bonds is 8. The minimum absolute atomic E-state index is 0.0556. The second-order valence-corrected chi connectivity index (χ2v) is 6.95. The number of nitrogens with zero attached hydrogens (tertiary/aromatic N) is 4. The summed E-state index contributed by atoms with van der Waals surface area (Å²) in [5, 5.41) is 10.8. The fourth-order valence-electron chi connectivity index (χ4n) is 3.42. The van der Waals surface area contributed by atoms with Crippen LogP contribution >= 0.6 is 0 Å². The van der Waals surface area contributed by atoms with E-state index in [-0.39, 0.29) is 23.6 Å². The number of hydrogen-bond donors (Lipinski definition) is 1. The number of nitrogens with one attached hydrogen (secondary N) is 1. The number of ether oxygens (including phenoxy) is 3. The summed E-state index contributed by atoms with van der Waals surface area (Å²) in [4.78, 5) is 27.0. The van der Waals surface area contributed by atoms with E-state index in [1.807, 2.05) is 0 Å². The van der Waals surface area contributed by atoms with E-state index in [1.54, 1.807) is 48.2 Å². The number of piperidine rings is 1. The highest BCUT2D eigenvalue weighted by molar-refractivity contribution is 5.97. The zero-order chi connectivity index (χ0) is 21.5. The van der Waals surface area contributed by atoms with Crippen LogP contribution in [0, 0.1) is 0 Å². The lowest BCUT2D eigenvalue weighted by Crippen LogP contribution is -2.41. The van der Waals surface area contributed by atoms with E-state index in [0.29, 0.717) is 43.3 Å². The molecular formula is C20H27N5O5. The Morgan fingerprint density at radius 2 is 2.07 bits per heavy atom. The first kappa shape index (κ1) is 21.6. The molecule has 0 aliphatic carbocycles. The summed E-state index contributed by atoms with van der Waals surface area (Å²) in [5.74, 6) is 0.679. The molecule has 0 unspecified atom stereocenters. The Morgan fingerprint density at radius 1 is 1.23 bits per heavy atom. The summed E-state index contributed by atoms with van der Waals surface area (Å²) in [6.45, 7) is 1.94. The van der Waals surface area contributed by atoms with Crippen LogP contribution < -0.4 is 14.8 Å². The van der Waals surface area contributed by atoms with Crippen molar-refractivity contribution in [2.75, 3.05) is 47.6 Å². The molecule has 2 heterocycles. The minimum Gasteiger partial charge on any atom is -0.497 e. The molecule has 10 nitrogen and oxygen atoms in total. The summed E-state index contributed by atoms with van der Waals surface area (Å²) >= 11 is 0. The van der Waals surface area contributed by atoms with Gasteiger partial charge in [0.2, 0.25) is 0 Å². The third kappa shape index (κ3) is 4.88. The summed E-state index contributed by atoms with van der Waals surface area (Å²) in [5.41, 5.74) is 0.724. The van der Waals surface area contributed by atoms with Crippen molar-refractivity contribution in [2.45, 2.75) is 18.9 Å². The molecule has 2 amide bonds. The molecule has 1 atom stereocenters. The number of carbonyl (C=O) groups excluding carboxylic acids is 2. The van der Waals surface area contributed by atoms with Crippen LogP contribution in [-0.4, -0.2) is 79.3 Å². The van der Waals surface area contributed by atoms with Crippen LogP contribution in [0.25, 0.3) is 0 Å². The van der Waals surface area contributed by atoms with Crippen LogP contribution in [0.3, 0.4) is 0 Å². The number of aromatic nitrogens is 3. The Morgan fingerprint density at radius 3 is 2.80 bits per heavy atom. The van der Waals surface area contributed by atoms with Crippen molar-refractivity contribution in [3.8, 4) is 11.5 Å². The van der Waals surface area contributed by atoms with Gasteiger partial charge in [-0.1, -0.05) is 5.21 Å². The Labute approximate surface area is 175 Å². The first-order valence-corrected chi connectivity index (χ1v) is 9.77. The lowest BCUT2D eigenvalue weighted by Gasteiger charge is -2.33. The van der Waals surface area contributed by atoms with Crippen LogP contribution in [0.15, 0.2) is 24.4 Å². The predicted molar refractivity (Wildman–Crippen MR) is 108 cm³/mol. The first-order valence-electron chi connectivity index (χ1n) is 9.77. The molecule has 1 aliphatic heterocycles. The smallest absolute Gasteiger partial charge is 0.273 e. The predicted octanol–water partition coefficient (Wildman–Crippen LogP) is 1.15. The van der Waals surface area contributed by atoms with Gasteiger partial charge in [-0.2, -0.15) is 0 Å². The first-order chi connectivity index (χ1) is 14.6. The third-order valence-electron chi connectivity index (χ3n) is 5.03. The molecule has 162 valence electrons. The second kappa shape index (κ2) is 10.1. The Kier molecular flexibility index (Phi) is 7.23. The fraction of sp³-hybridized carbons (Fsp3) is 0.500. The maximum atomic E-state index is 13.1. The molecule has 1 fully saturated rings. The van der Waals surface area contributed by atoms with Crippen molar-refractivity contribution in [3.05, 3.63) is 35.7 Å². The van der Waals surface area contributed by atoms with E-state index in [0.717, 1.165) is 12.8 Å². The van der Waals surface area contributed by atoms with Gasteiger partial charge in [0.25, 0.3) is 11.8 Å². The standard InChI is InChI=1S/C20H27N5O5/c1-28-10-8-21-19(26)17-13-25(23-22-17)14-5-4-9-24(12-14)20(27)16-7-6-15(29-2)11-18(16)30-3/h6-7,11,13-14H,4-5,8-10,12H2,1-3H3,(H,21,26)/t14-/m1/s1. The second-order valence-electron chi connectivity index (χ2n) is 6.95. The molecular weight excluding hydrogens is 390 g/mol. The number of likely N-dealkylation sites (tertiary alicyclic amines) is 1. The summed E-state index contributed by atoms with van der Waals surface area (Å²) in [7, 11) is 4.66. The Balaban J connectivity index is 1.69. The van der Waals surface area contributed by atoms with Gasteiger partial charge >= 0.3 is 0 Å². The van der Waals surface area contributed by atoms with Crippen LogP contribution in [0.2, 0.25) is 0 Å². The molecule has 0 bridgehead atoms. The molecule has 0 saturated carbocycles.